The number of non-ortho nitro benzene ring substituents is 1. The average molecular weight is 328 g/mol. The predicted molar refractivity (Wildman–Crippen MR) is 74.2 cm³/mol. The van der Waals surface area contributed by atoms with Gasteiger partial charge in [0.1, 0.15) is 0 Å². The van der Waals surface area contributed by atoms with Crippen LogP contribution in [0.5, 0.6) is 0 Å². The minimum atomic E-state index is -0.480. The molecule has 0 spiro atoms. The van der Waals surface area contributed by atoms with Crippen molar-refractivity contribution in [3.05, 3.63) is 38.3 Å². The molecule has 0 radical (unpaired) electrons. The normalized spacial score (nSPS) is 19.3. The van der Waals surface area contributed by atoms with E-state index < -0.39 is 4.92 Å². The number of carbonyl (C=O) groups is 1. The number of benzene rings is 1. The van der Waals surface area contributed by atoms with E-state index >= 15 is 0 Å². The Kier molecular flexibility index (Phi) is 4.16. The number of nitrogens with zero attached hydrogens (tertiary/aromatic N) is 2. The van der Waals surface area contributed by atoms with Crippen molar-refractivity contribution in [1.29, 1.82) is 0 Å². The van der Waals surface area contributed by atoms with Crippen LogP contribution in [0.1, 0.15) is 17.3 Å². The lowest BCUT2D eigenvalue weighted by molar-refractivity contribution is -0.384. The summed E-state index contributed by atoms with van der Waals surface area (Å²) in [6, 6.07) is 4.33. The van der Waals surface area contributed by atoms with Gasteiger partial charge in [0.15, 0.2) is 0 Å². The molecule has 1 amide bonds. The molecule has 0 saturated carbocycles. The molecule has 1 aliphatic heterocycles. The standard InChI is InChI=1S/C12H14BrN3O3/c1-8-7-14-4-5-15(8)12(17)10-3-2-9(16(18)19)6-11(10)13/h2-3,6,8,14H,4-5,7H2,1H3. The number of nitro groups is 1. The molecule has 1 unspecified atom stereocenters. The molecule has 1 saturated heterocycles. The van der Waals surface area contributed by atoms with Crippen LogP contribution in [0, 0.1) is 10.1 Å². The van der Waals surface area contributed by atoms with Crippen LogP contribution in [0.25, 0.3) is 0 Å². The first-order valence-corrected chi connectivity index (χ1v) is 6.75. The largest absolute Gasteiger partial charge is 0.333 e. The third kappa shape index (κ3) is 2.93. The quantitative estimate of drug-likeness (QED) is 0.663. The van der Waals surface area contributed by atoms with Gasteiger partial charge >= 0.3 is 0 Å². The van der Waals surface area contributed by atoms with Crippen molar-refractivity contribution in [2.45, 2.75) is 13.0 Å². The van der Waals surface area contributed by atoms with E-state index in [9.17, 15) is 14.9 Å². The summed E-state index contributed by atoms with van der Waals surface area (Å²) in [4.78, 5) is 24.4. The fourth-order valence-electron chi connectivity index (χ4n) is 2.09. The number of carbonyl (C=O) groups excluding carboxylic acids is 1. The second kappa shape index (κ2) is 5.66. The Morgan fingerprint density at radius 2 is 2.32 bits per heavy atom. The van der Waals surface area contributed by atoms with Crippen molar-refractivity contribution in [1.82, 2.24) is 10.2 Å². The van der Waals surface area contributed by atoms with Crippen molar-refractivity contribution in [3.63, 3.8) is 0 Å². The van der Waals surface area contributed by atoms with Crippen LogP contribution in [0.2, 0.25) is 0 Å². The predicted octanol–water partition coefficient (Wildman–Crippen LogP) is 1.79. The highest BCUT2D eigenvalue weighted by Crippen LogP contribution is 2.25. The third-order valence-corrected chi connectivity index (χ3v) is 3.81. The Labute approximate surface area is 119 Å². The zero-order valence-electron chi connectivity index (χ0n) is 10.4. The lowest BCUT2D eigenvalue weighted by Crippen LogP contribution is -2.52. The van der Waals surface area contributed by atoms with Gasteiger partial charge in [0.2, 0.25) is 0 Å². The minimum Gasteiger partial charge on any atom is -0.333 e. The third-order valence-electron chi connectivity index (χ3n) is 3.16. The van der Waals surface area contributed by atoms with Gasteiger partial charge in [-0.2, -0.15) is 0 Å². The van der Waals surface area contributed by atoms with Gasteiger partial charge in [-0.3, -0.25) is 14.9 Å². The fraction of sp³-hybridized carbons (Fsp3) is 0.417. The number of halogens is 1. The molecule has 19 heavy (non-hydrogen) atoms. The van der Waals surface area contributed by atoms with Gasteiger partial charge in [0.25, 0.3) is 11.6 Å². The molecule has 1 aromatic carbocycles. The summed E-state index contributed by atoms with van der Waals surface area (Å²) in [5, 5.41) is 13.9. The van der Waals surface area contributed by atoms with E-state index in [2.05, 4.69) is 21.2 Å². The average Bonchev–Trinajstić information content (AvgIpc) is 2.38. The SMILES string of the molecule is CC1CNCCN1C(=O)c1ccc([N+](=O)[O-])cc1Br. The first kappa shape index (κ1) is 14.0. The second-order valence-electron chi connectivity index (χ2n) is 4.47. The summed E-state index contributed by atoms with van der Waals surface area (Å²) >= 11 is 3.24. The smallest absolute Gasteiger partial charge is 0.270 e. The van der Waals surface area contributed by atoms with Gasteiger partial charge in [0.05, 0.1) is 10.5 Å². The maximum Gasteiger partial charge on any atom is 0.270 e. The first-order chi connectivity index (χ1) is 9.00. The number of nitrogens with one attached hydrogen (secondary N) is 1. The summed E-state index contributed by atoms with van der Waals surface area (Å²) in [6.45, 7) is 4.14. The monoisotopic (exact) mass is 327 g/mol. The van der Waals surface area contributed by atoms with Crippen LogP contribution in [0.15, 0.2) is 22.7 Å². The van der Waals surface area contributed by atoms with E-state index in [1.165, 1.54) is 18.2 Å². The van der Waals surface area contributed by atoms with Crippen LogP contribution in [0.4, 0.5) is 5.69 Å². The molecule has 7 heteroatoms. The molecule has 1 atom stereocenters. The van der Waals surface area contributed by atoms with Crippen LogP contribution in [-0.2, 0) is 0 Å². The van der Waals surface area contributed by atoms with Gasteiger partial charge in [-0.05, 0) is 28.9 Å². The highest BCUT2D eigenvalue weighted by atomic mass is 79.9. The summed E-state index contributed by atoms with van der Waals surface area (Å²) < 4.78 is 0.456. The molecule has 1 fully saturated rings. The number of piperazine rings is 1. The van der Waals surface area contributed by atoms with Crippen molar-refractivity contribution in [2.75, 3.05) is 19.6 Å². The van der Waals surface area contributed by atoms with Crippen molar-refractivity contribution in [3.8, 4) is 0 Å². The highest BCUT2D eigenvalue weighted by molar-refractivity contribution is 9.10. The van der Waals surface area contributed by atoms with E-state index in [-0.39, 0.29) is 17.6 Å². The Hall–Kier alpha value is -1.47. The number of hydrogen-bond donors (Lipinski definition) is 1. The summed E-state index contributed by atoms with van der Waals surface area (Å²) in [5.74, 6) is -0.101. The maximum absolute atomic E-state index is 12.4. The van der Waals surface area contributed by atoms with E-state index in [0.717, 1.165) is 13.1 Å². The van der Waals surface area contributed by atoms with Crippen molar-refractivity contribution < 1.29 is 9.72 Å². The van der Waals surface area contributed by atoms with Gasteiger partial charge in [-0.25, -0.2) is 0 Å². The molecule has 1 N–H and O–H groups in total. The van der Waals surface area contributed by atoms with Crippen LogP contribution < -0.4 is 5.32 Å². The second-order valence-corrected chi connectivity index (χ2v) is 5.33. The summed E-state index contributed by atoms with van der Waals surface area (Å²) in [7, 11) is 0. The zero-order chi connectivity index (χ0) is 14.0. The molecule has 0 bridgehead atoms. The van der Waals surface area contributed by atoms with Crippen LogP contribution in [-0.4, -0.2) is 41.4 Å². The van der Waals surface area contributed by atoms with E-state index in [1.54, 1.807) is 4.90 Å². The van der Waals surface area contributed by atoms with Crippen molar-refractivity contribution in [2.24, 2.45) is 0 Å². The lowest BCUT2D eigenvalue weighted by Gasteiger charge is -2.34. The van der Waals surface area contributed by atoms with Crippen molar-refractivity contribution >= 4 is 27.5 Å². The zero-order valence-corrected chi connectivity index (χ0v) is 12.0. The van der Waals surface area contributed by atoms with Gasteiger partial charge in [0, 0.05) is 42.3 Å². The summed E-state index contributed by atoms with van der Waals surface area (Å²) in [6.07, 6.45) is 0. The molecule has 0 aromatic heterocycles. The number of rotatable bonds is 2. The Morgan fingerprint density at radius 1 is 1.58 bits per heavy atom. The molecular formula is C12H14BrN3O3. The molecule has 102 valence electrons. The molecule has 1 heterocycles. The summed E-state index contributed by atoms with van der Waals surface area (Å²) in [5.41, 5.74) is 0.427. The Morgan fingerprint density at radius 3 is 2.89 bits per heavy atom. The van der Waals surface area contributed by atoms with Gasteiger partial charge < -0.3 is 10.2 Å². The molecule has 0 aliphatic carbocycles. The molecule has 1 aliphatic rings. The number of nitro benzene ring substituents is 1. The van der Waals surface area contributed by atoms with Gasteiger partial charge in [-0.1, -0.05) is 0 Å². The molecule has 2 rings (SSSR count). The molecule has 1 aromatic rings. The lowest BCUT2D eigenvalue weighted by atomic mass is 10.1. The Balaban J connectivity index is 2.26. The van der Waals surface area contributed by atoms with Crippen LogP contribution >= 0.6 is 15.9 Å². The fourth-order valence-corrected chi connectivity index (χ4v) is 2.62. The topological polar surface area (TPSA) is 75.5 Å². The maximum atomic E-state index is 12.4. The van der Waals surface area contributed by atoms with Gasteiger partial charge in [-0.15, -0.1) is 0 Å². The minimum absolute atomic E-state index is 0.0308. The molecule has 6 nitrogen and oxygen atoms in total. The Bertz CT molecular complexity index is 521. The van der Waals surface area contributed by atoms with Crippen LogP contribution in [0.3, 0.4) is 0 Å². The van der Waals surface area contributed by atoms with E-state index in [1.807, 2.05) is 6.92 Å². The first-order valence-electron chi connectivity index (χ1n) is 5.96. The number of amides is 1. The number of hydrogen-bond acceptors (Lipinski definition) is 4. The highest BCUT2D eigenvalue weighted by Gasteiger charge is 2.26. The molecular weight excluding hydrogens is 314 g/mol. The van der Waals surface area contributed by atoms with E-state index in [0.29, 0.717) is 16.6 Å². The van der Waals surface area contributed by atoms with E-state index in [4.69, 9.17) is 0 Å².